The monoisotopic (exact) mass is 422 g/mol. The largest absolute Gasteiger partial charge is 0.497 e. The quantitative estimate of drug-likeness (QED) is 0.608. The highest BCUT2D eigenvalue weighted by Gasteiger charge is 2.22. The second-order valence-electron chi connectivity index (χ2n) is 7.45. The van der Waals surface area contributed by atoms with Crippen LogP contribution >= 0.6 is 0 Å². The number of aromatic nitrogens is 3. The SMILES string of the molecule is CCN(C)C(=O)c1nn(-c2cc(C)cc(C)c2)c(=O)n(Cc2cccc(OC)c2)c1=O. The van der Waals surface area contributed by atoms with E-state index < -0.39 is 17.2 Å². The van der Waals surface area contributed by atoms with E-state index in [0.717, 1.165) is 20.4 Å². The number of benzene rings is 2. The lowest BCUT2D eigenvalue weighted by Gasteiger charge is -2.16. The van der Waals surface area contributed by atoms with Crippen LogP contribution in [0.25, 0.3) is 5.69 Å². The molecule has 162 valence electrons. The van der Waals surface area contributed by atoms with Crippen molar-refractivity contribution in [1.82, 2.24) is 19.2 Å². The summed E-state index contributed by atoms with van der Waals surface area (Å²) in [6.45, 7) is 6.00. The predicted molar refractivity (Wildman–Crippen MR) is 118 cm³/mol. The van der Waals surface area contributed by atoms with Gasteiger partial charge >= 0.3 is 5.69 Å². The minimum Gasteiger partial charge on any atom is -0.497 e. The van der Waals surface area contributed by atoms with E-state index >= 15 is 0 Å². The molecule has 0 saturated carbocycles. The molecule has 0 spiro atoms. The Morgan fingerprint density at radius 1 is 1.10 bits per heavy atom. The van der Waals surface area contributed by atoms with Gasteiger partial charge in [0.05, 0.1) is 19.3 Å². The third-order valence-electron chi connectivity index (χ3n) is 5.01. The fourth-order valence-electron chi connectivity index (χ4n) is 3.31. The average molecular weight is 422 g/mol. The van der Waals surface area contributed by atoms with E-state index in [4.69, 9.17) is 4.74 Å². The van der Waals surface area contributed by atoms with Gasteiger partial charge in [0, 0.05) is 13.6 Å². The summed E-state index contributed by atoms with van der Waals surface area (Å²) >= 11 is 0. The molecule has 1 amide bonds. The number of carbonyl (C=O) groups excluding carboxylic acids is 1. The number of methoxy groups -OCH3 is 1. The second-order valence-corrected chi connectivity index (χ2v) is 7.45. The van der Waals surface area contributed by atoms with E-state index in [1.54, 1.807) is 57.5 Å². The van der Waals surface area contributed by atoms with E-state index in [1.807, 2.05) is 19.9 Å². The highest BCUT2D eigenvalue weighted by atomic mass is 16.5. The van der Waals surface area contributed by atoms with Crippen LogP contribution in [0, 0.1) is 13.8 Å². The number of hydrogen-bond acceptors (Lipinski definition) is 5. The lowest BCUT2D eigenvalue weighted by molar-refractivity contribution is 0.0791. The first kappa shape index (κ1) is 22.0. The molecule has 1 heterocycles. The summed E-state index contributed by atoms with van der Waals surface area (Å²) in [5, 5.41) is 4.18. The molecule has 31 heavy (non-hydrogen) atoms. The smallest absolute Gasteiger partial charge is 0.352 e. The number of carbonyl (C=O) groups is 1. The zero-order chi connectivity index (χ0) is 22.7. The molecule has 1 aromatic heterocycles. The van der Waals surface area contributed by atoms with Crippen LogP contribution < -0.4 is 16.0 Å². The van der Waals surface area contributed by atoms with Crippen molar-refractivity contribution < 1.29 is 9.53 Å². The van der Waals surface area contributed by atoms with Gasteiger partial charge in [0.1, 0.15) is 5.75 Å². The highest BCUT2D eigenvalue weighted by Crippen LogP contribution is 2.14. The van der Waals surface area contributed by atoms with E-state index in [9.17, 15) is 14.4 Å². The van der Waals surface area contributed by atoms with Gasteiger partial charge in [0.25, 0.3) is 11.5 Å². The molecular formula is C23H26N4O4. The minimum atomic E-state index is -0.723. The van der Waals surface area contributed by atoms with Gasteiger partial charge in [-0.05, 0) is 61.7 Å². The first-order valence-electron chi connectivity index (χ1n) is 9.96. The second kappa shape index (κ2) is 8.99. The number of ether oxygens (including phenoxy) is 1. The predicted octanol–water partition coefficient (Wildman–Crippen LogP) is 2.16. The summed E-state index contributed by atoms with van der Waals surface area (Å²) in [5.74, 6) is 0.0706. The number of hydrogen-bond donors (Lipinski definition) is 0. The van der Waals surface area contributed by atoms with Gasteiger partial charge in [-0.15, -0.1) is 0 Å². The van der Waals surface area contributed by atoms with Gasteiger partial charge < -0.3 is 9.64 Å². The van der Waals surface area contributed by atoms with E-state index in [2.05, 4.69) is 5.10 Å². The Kier molecular flexibility index (Phi) is 6.39. The normalized spacial score (nSPS) is 10.7. The average Bonchev–Trinajstić information content (AvgIpc) is 2.75. The molecule has 0 fully saturated rings. The molecule has 0 aliphatic rings. The molecular weight excluding hydrogens is 396 g/mol. The fourth-order valence-corrected chi connectivity index (χ4v) is 3.31. The summed E-state index contributed by atoms with van der Waals surface area (Å²) in [4.78, 5) is 40.7. The summed E-state index contributed by atoms with van der Waals surface area (Å²) in [6, 6.07) is 12.6. The van der Waals surface area contributed by atoms with Crippen molar-refractivity contribution in [2.45, 2.75) is 27.3 Å². The first-order chi connectivity index (χ1) is 14.7. The topological polar surface area (TPSA) is 86.4 Å². The van der Waals surface area contributed by atoms with Gasteiger partial charge in [-0.2, -0.15) is 9.78 Å². The zero-order valence-corrected chi connectivity index (χ0v) is 18.4. The van der Waals surface area contributed by atoms with Crippen LogP contribution in [0.15, 0.2) is 52.1 Å². The van der Waals surface area contributed by atoms with Crippen LogP contribution in [-0.4, -0.2) is 45.9 Å². The summed E-state index contributed by atoms with van der Waals surface area (Å²) in [7, 11) is 3.13. The number of rotatable bonds is 6. The zero-order valence-electron chi connectivity index (χ0n) is 18.4. The van der Waals surface area contributed by atoms with Gasteiger partial charge in [0.15, 0.2) is 0 Å². The number of aryl methyl sites for hydroxylation is 2. The van der Waals surface area contributed by atoms with Crippen LogP contribution in [-0.2, 0) is 6.54 Å². The molecule has 0 aliphatic carbocycles. The van der Waals surface area contributed by atoms with Gasteiger partial charge in [0.2, 0.25) is 5.69 Å². The molecule has 3 rings (SSSR count). The Balaban J connectivity index is 2.26. The molecule has 0 unspecified atom stereocenters. The highest BCUT2D eigenvalue weighted by molar-refractivity contribution is 5.91. The van der Waals surface area contributed by atoms with Crippen molar-refractivity contribution in [2.75, 3.05) is 20.7 Å². The van der Waals surface area contributed by atoms with Crippen molar-refractivity contribution in [1.29, 1.82) is 0 Å². The fraction of sp³-hybridized carbons (Fsp3) is 0.304. The third-order valence-corrected chi connectivity index (χ3v) is 5.01. The van der Waals surface area contributed by atoms with Crippen LogP contribution in [0.1, 0.15) is 34.1 Å². The van der Waals surface area contributed by atoms with Crippen LogP contribution in [0.3, 0.4) is 0 Å². The minimum absolute atomic E-state index is 0.0156. The molecule has 0 radical (unpaired) electrons. The van der Waals surface area contributed by atoms with Crippen molar-refractivity contribution in [3.8, 4) is 11.4 Å². The Morgan fingerprint density at radius 3 is 2.39 bits per heavy atom. The van der Waals surface area contributed by atoms with E-state index in [0.29, 0.717) is 23.5 Å². The van der Waals surface area contributed by atoms with Crippen LogP contribution in [0.2, 0.25) is 0 Å². The molecule has 3 aromatic rings. The van der Waals surface area contributed by atoms with Crippen molar-refractivity contribution >= 4 is 5.91 Å². The van der Waals surface area contributed by atoms with Crippen molar-refractivity contribution in [3.05, 3.63) is 85.7 Å². The van der Waals surface area contributed by atoms with Crippen molar-refractivity contribution in [2.24, 2.45) is 0 Å². The maximum absolute atomic E-state index is 13.3. The summed E-state index contributed by atoms with van der Waals surface area (Å²) in [6.07, 6.45) is 0. The van der Waals surface area contributed by atoms with Gasteiger partial charge in [-0.1, -0.05) is 18.2 Å². The van der Waals surface area contributed by atoms with E-state index in [1.165, 1.54) is 4.90 Å². The van der Waals surface area contributed by atoms with E-state index in [-0.39, 0.29) is 12.2 Å². The Hall–Kier alpha value is -3.68. The molecule has 0 aliphatic heterocycles. The lowest BCUT2D eigenvalue weighted by atomic mass is 10.1. The molecule has 0 saturated heterocycles. The van der Waals surface area contributed by atoms with Crippen LogP contribution in [0.5, 0.6) is 5.75 Å². The molecule has 8 nitrogen and oxygen atoms in total. The molecule has 8 heteroatoms. The maximum atomic E-state index is 13.3. The van der Waals surface area contributed by atoms with Gasteiger partial charge in [-0.25, -0.2) is 4.79 Å². The first-order valence-corrected chi connectivity index (χ1v) is 9.96. The Labute approximate surface area is 180 Å². The lowest BCUT2D eigenvalue weighted by Crippen LogP contribution is -2.46. The summed E-state index contributed by atoms with van der Waals surface area (Å²) in [5.41, 5.74) is 1.42. The number of amides is 1. The van der Waals surface area contributed by atoms with Crippen LogP contribution in [0.4, 0.5) is 0 Å². The van der Waals surface area contributed by atoms with Crippen molar-refractivity contribution in [3.63, 3.8) is 0 Å². The summed E-state index contributed by atoms with van der Waals surface area (Å²) < 4.78 is 7.40. The molecule has 0 bridgehead atoms. The number of nitrogens with zero attached hydrogens (tertiary/aromatic N) is 4. The molecule has 0 N–H and O–H groups in total. The Bertz CT molecular complexity index is 1220. The third kappa shape index (κ3) is 4.58. The Morgan fingerprint density at radius 2 is 1.77 bits per heavy atom. The maximum Gasteiger partial charge on any atom is 0.352 e. The standard InChI is InChI=1S/C23H26N4O4/c1-6-25(4)21(28)20-22(29)26(14-17-8-7-9-19(13-17)31-5)23(30)27(24-20)18-11-15(2)10-16(3)12-18/h7-13H,6,14H2,1-5H3. The molecule has 2 aromatic carbocycles. The molecule has 0 atom stereocenters. The van der Waals surface area contributed by atoms with Gasteiger partial charge in [-0.3, -0.25) is 14.2 Å².